The predicted molar refractivity (Wildman–Crippen MR) is 88.9 cm³/mol. The van der Waals surface area contributed by atoms with Crippen molar-refractivity contribution in [3.8, 4) is 0 Å². The molecule has 8 nitrogen and oxygen atoms in total. The van der Waals surface area contributed by atoms with Crippen molar-refractivity contribution in [1.29, 1.82) is 0 Å². The van der Waals surface area contributed by atoms with Crippen molar-refractivity contribution < 1.29 is 27.7 Å². The molecule has 0 aromatic heterocycles. The second-order valence-corrected chi connectivity index (χ2v) is 5.08. The van der Waals surface area contributed by atoms with Crippen molar-refractivity contribution in [3.63, 3.8) is 0 Å². The first-order valence-corrected chi connectivity index (χ1v) is 7.23. The molecule has 2 amide bonds. The smallest absolute Gasteiger partial charge is 0.318 e. The quantitative estimate of drug-likeness (QED) is 0.367. The Balaban J connectivity index is 1.94. The van der Waals surface area contributed by atoms with Crippen molar-refractivity contribution in [2.24, 2.45) is 5.10 Å². The average Bonchev–Trinajstić information content (AvgIpc) is 2.61. The van der Waals surface area contributed by atoms with Crippen molar-refractivity contribution >= 4 is 29.4 Å². The Hall–Kier alpha value is -3.76. The number of carbonyl (C=O) groups excluding carboxylic acids is 2. The molecule has 0 radical (unpaired) electrons. The number of halogens is 3. The largest absolute Gasteiger partial charge is 0.416 e. The number of non-ortho nitro benzene ring substituents is 1. The fourth-order valence-corrected chi connectivity index (χ4v) is 1.86. The van der Waals surface area contributed by atoms with Gasteiger partial charge in [-0.05, 0) is 35.9 Å². The standard InChI is InChI=1S/C16H11F3N4O4/c17-16(18,19)11-2-1-3-12(8-11)21-14(24)15(25)22-20-9-10-4-6-13(7-5-10)23(26)27/h1-9H,(H,21,24)(H,22,25). The number of nitrogens with zero attached hydrogens (tertiary/aromatic N) is 2. The van der Waals surface area contributed by atoms with Gasteiger partial charge in [0.2, 0.25) is 0 Å². The maximum atomic E-state index is 12.6. The van der Waals surface area contributed by atoms with Gasteiger partial charge in [-0.2, -0.15) is 18.3 Å². The molecule has 0 heterocycles. The van der Waals surface area contributed by atoms with Gasteiger partial charge in [-0.25, -0.2) is 5.43 Å². The number of rotatable bonds is 4. The normalized spacial score (nSPS) is 11.2. The number of nitrogens with one attached hydrogen (secondary N) is 2. The minimum absolute atomic E-state index is 0.128. The number of benzene rings is 2. The molecule has 2 N–H and O–H groups in total. The van der Waals surface area contributed by atoms with Crippen LogP contribution < -0.4 is 10.7 Å². The number of hydrazone groups is 1. The molecule has 0 unspecified atom stereocenters. The lowest BCUT2D eigenvalue weighted by atomic mass is 10.2. The van der Waals surface area contributed by atoms with Crippen LogP contribution in [0, 0.1) is 10.1 Å². The van der Waals surface area contributed by atoms with Crippen LogP contribution in [-0.2, 0) is 15.8 Å². The van der Waals surface area contributed by atoms with Gasteiger partial charge in [-0.15, -0.1) is 0 Å². The van der Waals surface area contributed by atoms with E-state index in [9.17, 15) is 32.9 Å². The van der Waals surface area contributed by atoms with Gasteiger partial charge in [0.15, 0.2) is 0 Å². The minimum Gasteiger partial charge on any atom is -0.318 e. The maximum Gasteiger partial charge on any atom is 0.416 e. The summed E-state index contributed by atoms with van der Waals surface area (Å²) in [4.78, 5) is 33.2. The highest BCUT2D eigenvalue weighted by molar-refractivity contribution is 6.39. The summed E-state index contributed by atoms with van der Waals surface area (Å²) in [5.74, 6) is -2.42. The third-order valence-corrected chi connectivity index (χ3v) is 3.14. The summed E-state index contributed by atoms with van der Waals surface area (Å²) >= 11 is 0. The first-order valence-electron chi connectivity index (χ1n) is 7.23. The molecule has 0 atom stereocenters. The molecule has 0 aliphatic rings. The number of hydrogen-bond acceptors (Lipinski definition) is 5. The zero-order chi connectivity index (χ0) is 20.0. The summed E-state index contributed by atoms with van der Waals surface area (Å²) in [7, 11) is 0. The van der Waals surface area contributed by atoms with Gasteiger partial charge in [0.05, 0.1) is 16.7 Å². The Morgan fingerprint density at radius 2 is 1.74 bits per heavy atom. The molecule has 0 aliphatic heterocycles. The summed E-state index contributed by atoms with van der Waals surface area (Å²) in [5.41, 5.74) is 1.00. The van der Waals surface area contributed by atoms with E-state index >= 15 is 0 Å². The van der Waals surface area contributed by atoms with Gasteiger partial charge >= 0.3 is 18.0 Å². The van der Waals surface area contributed by atoms with E-state index < -0.39 is 28.5 Å². The fraction of sp³-hybridized carbons (Fsp3) is 0.0625. The zero-order valence-corrected chi connectivity index (χ0v) is 13.4. The van der Waals surface area contributed by atoms with Crippen LogP contribution in [0.15, 0.2) is 53.6 Å². The van der Waals surface area contributed by atoms with Crippen LogP contribution in [0.1, 0.15) is 11.1 Å². The van der Waals surface area contributed by atoms with Gasteiger partial charge in [0.1, 0.15) is 0 Å². The molecule has 0 aliphatic carbocycles. The maximum absolute atomic E-state index is 12.6. The first kappa shape index (κ1) is 19.6. The minimum atomic E-state index is -4.59. The molecular weight excluding hydrogens is 369 g/mol. The predicted octanol–water partition coefficient (Wildman–Crippen LogP) is 2.70. The van der Waals surface area contributed by atoms with Crippen LogP contribution in [0.3, 0.4) is 0 Å². The number of nitro benzene ring substituents is 1. The SMILES string of the molecule is O=C(NN=Cc1ccc([N+](=O)[O-])cc1)C(=O)Nc1cccc(C(F)(F)F)c1. The van der Waals surface area contributed by atoms with Crippen molar-refractivity contribution in [2.45, 2.75) is 6.18 Å². The van der Waals surface area contributed by atoms with Crippen LogP contribution in [-0.4, -0.2) is 23.0 Å². The molecule has 2 aromatic carbocycles. The Kier molecular flexibility index (Phi) is 5.85. The number of hydrogen-bond donors (Lipinski definition) is 2. The fourth-order valence-electron chi connectivity index (χ4n) is 1.86. The van der Waals surface area contributed by atoms with Crippen molar-refractivity contribution in [1.82, 2.24) is 5.43 Å². The molecule has 0 spiro atoms. The number of anilines is 1. The highest BCUT2D eigenvalue weighted by Gasteiger charge is 2.30. The van der Waals surface area contributed by atoms with E-state index in [0.717, 1.165) is 18.3 Å². The summed E-state index contributed by atoms with van der Waals surface area (Å²) in [6.07, 6.45) is -3.45. The first-order chi connectivity index (χ1) is 12.7. The van der Waals surface area contributed by atoms with Crippen LogP contribution >= 0.6 is 0 Å². The lowest BCUT2D eigenvalue weighted by Crippen LogP contribution is -2.32. The van der Waals surface area contributed by atoms with E-state index in [4.69, 9.17) is 0 Å². The van der Waals surface area contributed by atoms with Gasteiger partial charge in [-0.1, -0.05) is 6.07 Å². The van der Waals surface area contributed by atoms with Crippen LogP contribution in [0.4, 0.5) is 24.5 Å². The molecule has 140 valence electrons. The third-order valence-electron chi connectivity index (χ3n) is 3.14. The Bertz CT molecular complexity index is 895. The zero-order valence-electron chi connectivity index (χ0n) is 13.4. The number of amides is 2. The second kappa shape index (κ2) is 8.08. The molecule has 11 heteroatoms. The Morgan fingerprint density at radius 1 is 1.07 bits per heavy atom. The summed E-state index contributed by atoms with van der Waals surface area (Å²) in [5, 5.41) is 16.0. The van der Waals surface area contributed by atoms with E-state index in [0.29, 0.717) is 11.6 Å². The van der Waals surface area contributed by atoms with Crippen molar-refractivity contribution in [3.05, 3.63) is 69.8 Å². The molecule has 2 aromatic rings. The summed E-state index contributed by atoms with van der Waals surface area (Å²) < 4.78 is 37.8. The van der Waals surface area contributed by atoms with E-state index in [1.807, 2.05) is 10.7 Å². The molecule has 0 fully saturated rings. The molecule has 0 bridgehead atoms. The Labute approximate surface area is 149 Å². The third kappa shape index (κ3) is 5.63. The van der Waals surface area contributed by atoms with E-state index in [2.05, 4.69) is 5.10 Å². The van der Waals surface area contributed by atoms with Crippen molar-refractivity contribution in [2.75, 3.05) is 5.32 Å². The second-order valence-electron chi connectivity index (χ2n) is 5.08. The van der Waals surface area contributed by atoms with Gasteiger partial charge in [0.25, 0.3) is 5.69 Å². The summed E-state index contributed by atoms with van der Waals surface area (Å²) in [6.45, 7) is 0. The average molecular weight is 380 g/mol. The molecule has 0 saturated carbocycles. The van der Waals surface area contributed by atoms with Crippen LogP contribution in [0.2, 0.25) is 0 Å². The van der Waals surface area contributed by atoms with E-state index in [1.165, 1.54) is 30.3 Å². The van der Waals surface area contributed by atoms with Gasteiger partial charge < -0.3 is 5.32 Å². The molecule has 27 heavy (non-hydrogen) atoms. The van der Waals surface area contributed by atoms with Crippen LogP contribution in [0.25, 0.3) is 0 Å². The monoisotopic (exact) mass is 380 g/mol. The van der Waals surface area contributed by atoms with Crippen LogP contribution in [0.5, 0.6) is 0 Å². The topological polar surface area (TPSA) is 114 Å². The molecule has 2 rings (SSSR count). The van der Waals surface area contributed by atoms with E-state index in [1.54, 1.807) is 0 Å². The number of carbonyl (C=O) groups is 2. The lowest BCUT2D eigenvalue weighted by Gasteiger charge is -2.09. The van der Waals surface area contributed by atoms with E-state index in [-0.39, 0.29) is 11.4 Å². The number of nitro groups is 1. The molecule has 0 saturated heterocycles. The lowest BCUT2D eigenvalue weighted by molar-refractivity contribution is -0.384. The Morgan fingerprint density at radius 3 is 2.33 bits per heavy atom. The highest BCUT2D eigenvalue weighted by atomic mass is 19.4. The van der Waals surface area contributed by atoms with Gasteiger partial charge in [0, 0.05) is 17.8 Å². The highest BCUT2D eigenvalue weighted by Crippen LogP contribution is 2.30. The number of alkyl halides is 3. The molecular formula is C16H11F3N4O4. The summed E-state index contributed by atoms with van der Waals surface area (Å²) in [6, 6.07) is 8.99. The van der Waals surface area contributed by atoms with Gasteiger partial charge in [-0.3, -0.25) is 19.7 Å².